The number of imidazole rings is 1. The van der Waals surface area contributed by atoms with Gasteiger partial charge in [0.2, 0.25) is 0 Å². The summed E-state index contributed by atoms with van der Waals surface area (Å²) in [5, 5.41) is 0.697. The average Bonchev–Trinajstić information content (AvgIpc) is 3.01. The van der Waals surface area contributed by atoms with Crippen molar-refractivity contribution < 1.29 is 4.79 Å². The number of rotatable bonds is 8. The molecular weight excluding hydrogens is 450 g/mol. The molecule has 2 aromatic carbocycles. The highest BCUT2D eigenvalue weighted by molar-refractivity contribution is 9.10. The third-order valence-corrected chi connectivity index (χ3v) is 5.63. The fourth-order valence-corrected chi connectivity index (χ4v) is 3.95. The summed E-state index contributed by atoms with van der Waals surface area (Å²) in [6, 6.07) is 13.3. The number of nitrogens with zero attached hydrogens (tertiary/aromatic N) is 3. The second kappa shape index (κ2) is 9.77. The molecule has 0 atom stereocenters. The van der Waals surface area contributed by atoms with Crippen LogP contribution in [0.25, 0.3) is 11.0 Å². The number of carbonyl (C=O) groups excluding carboxylic acids is 1. The number of halogens is 2. The van der Waals surface area contributed by atoms with Gasteiger partial charge in [-0.3, -0.25) is 4.79 Å². The lowest BCUT2D eigenvalue weighted by Gasteiger charge is -2.24. The molecule has 0 saturated carbocycles. The molecule has 29 heavy (non-hydrogen) atoms. The van der Waals surface area contributed by atoms with Crippen LogP contribution in [0.4, 0.5) is 0 Å². The summed E-state index contributed by atoms with van der Waals surface area (Å²) in [4.78, 5) is 20.0. The van der Waals surface area contributed by atoms with E-state index in [2.05, 4.69) is 41.3 Å². The van der Waals surface area contributed by atoms with E-state index in [9.17, 15) is 4.79 Å². The second-order valence-corrected chi connectivity index (χ2v) is 9.08. The number of aromatic nitrogens is 2. The van der Waals surface area contributed by atoms with Crippen molar-refractivity contribution in [3.63, 3.8) is 0 Å². The number of hydrogen-bond donors (Lipinski definition) is 0. The summed E-state index contributed by atoms with van der Waals surface area (Å²) >= 11 is 9.70. The molecule has 1 aromatic heterocycles. The molecule has 3 rings (SSSR count). The number of amides is 1. The van der Waals surface area contributed by atoms with Gasteiger partial charge in [-0.25, -0.2) is 4.98 Å². The highest BCUT2D eigenvalue weighted by Crippen LogP contribution is 2.23. The van der Waals surface area contributed by atoms with Gasteiger partial charge in [-0.1, -0.05) is 54.4 Å². The summed E-state index contributed by atoms with van der Waals surface area (Å²) in [5.74, 6) is 1.44. The van der Waals surface area contributed by atoms with Crippen LogP contribution in [0, 0.1) is 5.92 Å². The van der Waals surface area contributed by atoms with E-state index < -0.39 is 0 Å². The van der Waals surface area contributed by atoms with Gasteiger partial charge in [0.1, 0.15) is 5.82 Å². The zero-order chi connectivity index (χ0) is 21.0. The summed E-state index contributed by atoms with van der Waals surface area (Å²) in [5.41, 5.74) is 2.62. The summed E-state index contributed by atoms with van der Waals surface area (Å²) < 4.78 is 3.10. The fraction of sp³-hybridized carbons (Fsp3) is 0.391. The molecule has 1 amide bonds. The molecular formula is C23H27BrClN3O. The molecule has 0 fully saturated rings. The van der Waals surface area contributed by atoms with E-state index in [-0.39, 0.29) is 5.91 Å². The van der Waals surface area contributed by atoms with Crippen molar-refractivity contribution in [2.75, 3.05) is 6.54 Å². The van der Waals surface area contributed by atoms with Crippen molar-refractivity contribution >= 4 is 44.5 Å². The van der Waals surface area contributed by atoms with E-state index in [0.29, 0.717) is 29.6 Å². The van der Waals surface area contributed by atoms with Crippen molar-refractivity contribution in [1.29, 1.82) is 0 Å². The zero-order valence-corrected chi connectivity index (χ0v) is 19.5. The van der Waals surface area contributed by atoms with Crippen LogP contribution in [-0.4, -0.2) is 26.9 Å². The fourth-order valence-electron chi connectivity index (χ4n) is 3.38. The van der Waals surface area contributed by atoms with Gasteiger partial charge in [0.25, 0.3) is 5.91 Å². The lowest BCUT2D eigenvalue weighted by molar-refractivity contribution is 0.0729. The molecule has 0 radical (unpaired) electrons. The van der Waals surface area contributed by atoms with E-state index in [1.54, 1.807) is 0 Å². The predicted octanol–water partition coefficient (Wildman–Crippen LogP) is 6.55. The lowest BCUT2D eigenvalue weighted by Crippen LogP contribution is -2.33. The van der Waals surface area contributed by atoms with Gasteiger partial charge in [-0.2, -0.15) is 0 Å². The van der Waals surface area contributed by atoms with Gasteiger partial charge >= 0.3 is 0 Å². The molecule has 0 aliphatic heterocycles. The minimum atomic E-state index is 0.0279. The Hall–Kier alpha value is -1.85. The highest BCUT2D eigenvalue weighted by atomic mass is 79.9. The zero-order valence-electron chi connectivity index (χ0n) is 17.2. The van der Waals surface area contributed by atoms with Gasteiger partial charge < -0.3 is 9.47 Å². The van der Waals surface area contributed by atoms with Crippen LogP contribution in [0.3, 0.4) is 0 Å². The topological polar surface area (TPSA) is 38.1 Å². The number of hydrogen-bond acceptors (Lipinski definition) is 2. The second-order valence-electron chi connectivity index (χ2n) is 7.73. The van der Waals surface area contributed by atoms with E-state index >= 15 is 0 Å². The molecule has 0 saturated heterocycles. The SMILES string of the molecule is CCCn1c(CN(CCC(C)C)C(=O)c2cccc(Br)c2)nc2ccc(Cl)cc21. The van der Waals surface area contributed by atoms with Gasteiger partial charge in [0.15, 0.2) is 0 Å². The first kappa shape index (κ1) is 21.8. The quantitative estimate of drug-likeness (QED) is 0.370. The van der Waals surface area contributed by atoms with Crippen LogP contribution in [0.2, 0.25) is 5.02 Å². The Morgan fingerprint density at radius 2 is 2.03 bits per heavy atom. The van der Waals surface area contributed by atoms with Gasteiger partial charge in [0, 0.05) is 28.1 Å². The Bertz CT molecular complexity index is 999. The van der Waals surface area contributed by atoms with Crippen molar-refractivity contribution in [2.24, 2.45) is 5.92 Å². The Balaban J connectivity index is 1.96. The van der Waals surface area contributed by atoms with Crippen molar-refractivity contribution in [2.45, 2.75) is 46.7 Å². The third kappa shape index (κ3) is 5.40. The van der Waals surface area contributed by atoms with Crippen LogP contribution in [0.5, 0.6) is 0 Å². The normalized spacial score (nSPS) is 11.4. The lowest BCUT2D eigenvalue weighted by atomic mass is 10.1. The molecule has 154 valence electrons. The first-order valence-corrected chi connectivity index (χ1v) is 11.3. The molecule has 0 spiro atoms. The maximum absolute atomic E-state index is 13.3. The molecule has 0 unspecified atom stereocenters. The predicted molar refractivity (Wildman–Crippen MR) is 123 cm³/mol. The minimum absolute atomic E-state index is 0.0279. The van der Waals surface area contributed by atoms with Crippen molar-refractivity contribution in [3.05, 3.63) is 63.3 Å². The molecule has 6 heteroatoms. The standard InChI is InChI=1S/C23H27BrClN3O/c1-4-11-28-21-14-19(25)8-9-20(21)26-22(28)15-27(12-10-16(2)3)23(29)17-6-5-7-18(24)13-17/h5-9,13-14,16H,4,10-12,15H2,1-3H3. The van der Waals surface area contributed by atoms with Gasteiger partial charge in [0.05, 0.1) is 17.6 Å². The first-order chi connectivity index (χ1) is 13.9. The number of carbonyl (C=O) groups is 1. The molecule has 0 bridgehead atoms. The molecule has 0 N–H and O–H groups in total. The minimum Gasteiger partial charge on any atom is -0.331 e. The Morgan fingerprint density at radius 3 is 2.72 bits per heavy atom. The summed E-state index contributed by atoms with van der Waals surface area (Å²) in [6.45, 7) is 8.51. The summed E-state index contributed by atoms with van der Waals surface area (Å²) in [6.07, 6.45) is 1.93. The van der Waals surface area contributed by atoms with Crippen LogP contribution in [0.15, 0.2) is 46.9 Å². The van der Waals surface area contributed by atoms with Crippen LogP contribution >= 0.6 is 27.5 Å². The van der Waals surface area contributed by atoms with Crippen LogP contribution < -0.4 is 0 Å². The Morgan fingerprint density at radius 1 is 1.24 bits per heavy atom. The Kier molecular flexibility index (Phi) is 7.36. The maximum atomic E-state index is 13.3. The van der Waals surface area contributed by atoms with E-state index in [1.807, 2.05) is 47.4 Å². The monoisotopic (exact) mass is 475 g/mol. The molecule has 4 nitrogen and oxygen atoms in total. The average molecular weight is 477 g/mol. The van der Waals surface area contributed by atoms with Crippen molar-refractivity contribution in [1.82, 2.24) is 14.5 Å². The van der Waals surface area contributed by atoms with Crippen LogP contribution in [-0.2, 0) is 13.1 Å². The highest BCUT2D eigenvalue weighted by Gasteiger charge is 2.20. The molecule has 0 aliphatic rings. The first-order valence-electron chi connectivity index (χ1n) is 10.1. The van der Waals surface area contributed by atoms with Crippen LogP contribution in [0.1, 0.15) is 49.8 Å². The van der Waals surface area contributed by atoms with Gasteiger partial charge in [-0.15, -0.1) is 0 Å². The third-order valence-electron chi connectivity index (χ3n) is 4.90. The van der Waals surface area contributed by atoms with E-state index in [1.165, 1.54) is 0 Å². The summed E-state index contributed by atoms with van der Waals surface area (Å²) in [7, 11) is 0. The number of fused-ring (bicyclic) bond motifs is 1. The Labute approximate surface area is 186 Å². The van der Waals surface area contributed by atoms with E-state index in [0.717, 1.165) is 40.7 Å². The smallest absolute Gasteiger partial charge is 0.254 e. The molecule has 3 aromatic rings. The van der Waals surface area contributed by atoms with Crippen molar-refractivity contribution in [3.8, 4) is 0 Å². The van der Waals surface area contributed by atoms with E-state index in [4.69, 9.17) is 16.6 Å². The number of benzene rings is 2. The molecule has 1 heterocycles. The molecule has 0 aliphatic carbocycles. The maximum Gasteiger partial charge on any atom is 0.254 e. The largest absolute Gasteiger partial charge is 0.331 e. The van der Waals surface area contributed by atoms with Gasteiger partial charge in [-0.05, 0) is 55.2 Å². The number of aryl methyl sites for hydroxylation is 1.